The van der Waals surface area contributed by atoms with Crippen molar-refractivity contribution in [1.29, 1.82) is 0 Å². The van der Waals surface area contributed by atoms with Crippen LogP contribution in [0.4, 0.5) is 0 Å². The average molecular weight is 484 g/mol. The van der Waals surface area contributed by atoms with Gasteiger partial charge in [0.15, 0.2) is 0 Å². The fourth-order valence-corrected chi connectivity index (χ4v) is 6.57. The SMILES string of the molecule is c1ccc2c(c1)ccc1c2c2ccccc2c2c1c1ccccc1n2-c1ccc2oc3ccccc3c2c1. The Morgan fingerprint density at radius 3 is 2.00 bits per heavy atom. The highest BCUT2D eigenvalue weighted by atomic mass is 16.3. The maximum atomic E-state index is 6.16. The molecule has 0 amide bonds. The summed E-state index contributed by atoms with van der Waals surface area (Å²) >= 11 is 0. The monoisotopic (exact) mass is 483 g/mol. The first-order valence-corrected chi connectivity index (χ1v) is 13.0. The maximum absolute atomic E-state index is 6.16. The molecule has 0 fully saturated rings. The molecule has 9 aromatic rings. The van der Waals surface area contributed by atoms with E-state index in [1.165, 1.54) is 54.1 Å². The van der Waals surface area contributed by atoms with Crippen LogP contribution in [0.1, 0.15) is 0 Å². The largest absolute Gasteiger partial charge is 0.456 e. The lowest BCUT2D eigenvalue weighted by Crippen LogP contribution is -1.95. The molecule has 0 bridgehead atoms. The second kappa shape index (κ2) is 7.24. The third-order valence-corrected chi connectivity index (χ3v) is 8.14. The summed E-state index contributed by atoms with van der Waals surface area (Å²) in [4.78, 5) is 0. The lowest BCUT2D eigenvalue weighted by Gasteiger charge is -2.14. The first-order valence-electron chi connectivity index (χ1n) is 13.0. The van der Waals surface area contributed by atoms with Crippen LogP contribution in [-0.2, 0) is 0 Å². The quantitative estimate of drug-likeness (QED) is 0.212. The fraction of sp³-hybridized carbons (Fsp3) is 0. The lowest BCUT2D eigenvalue weighted by atomic mass is 9.93. The number of aromatic nitrogens is 1. The molecule has 0 spiro atoms. The number of fused-ring (bicyclic) bond motifs is 13. The zero-order chi connectivity index (χ0) is 24.8. The summed E-state index contributed by atoms with van der Waals surface area (Å²) in [7, 11) is 0. The molecule has 0 aliphatic heterocycles. The molecular formula is C36H21NO. The number of furan rings is 1. The Bertz CT molecular complexity index is 2400. The zero-order valence-electron chi connectivity index (χ0n) is 20.5. The van der Waals surface area contributed by atoms with Gasteiger partial charge in [-0.3, -0.25) is 0 Å². The molecule has 7 aromatic carbocycles. The Balaban J connectivity index is 1.54. The second-order valence-corrected chi connectivity index (χ2v) is 10.1. The van der Waals surface area contributed by atoms with E-state index in [1.54, 1.807) is 0 Å². The van der Waals surface area contributed by atoms with Gasteiger partial charge in [-0.15, -0.1) is 0 Å². The Morgan fingerprint density at radius 2 is 1.11 bits per heavy atom. The van der Waals surface area contributed by atoms with Crippen LogP contribution in [0.25, 0.3) is 81.7 Å². The molecule has 0 N–H and O–H groups in total. The highest BCUT2D eigenvalue weighted by molar-refractivity contribution is 6.36. The molecule has 2 heterocycles. The summed E-state index contributed by atoms with van der Waals surface area (Å²) in [5, 5.41) is 12.6. The number of para-hydroxylation sites is 2. The standard InChI is InChI=1S/C36H21NO/c1-2-10-24-22(9-1)17-19-29-34(24)26-12-3-4-13-27(26)36-35(29)28-14-5-7-15-31(28)37(36)23-18-20-33-30(21-23)25-11-6-8-16-32(25)38-33/h1-21H. The number of rotatable bonds is 1. The summed E-state index contributed by atoms with van der Waals surface area (Å²) in [6, 6.07) is 45.9. The minimum atomic E-state index is 0.914. The zero-order valence-corrected chi connectivity index (χ0v) is 20.5. The van der Waals surface area contributed by atoms with Gasteiger partial charge in [0, 0.05) is 32.6 Å². The van der Waals surface area contributed by atoms with E-state index >= 15 is 0 Å². The van der Waals surface area contributed by atoms with Gasteiger partial charge in [-0.1, -0.05) is 97.1 Å². The van der Waals surface area contributed by atoms with Crippen LogP contribution in [-0.4, -0.2) is 4.57 Å². The minimum absolute atomic E-state index is 0.914. The second-order valence-electron chi connectivity index (χ2n) is 10.1. The molecule has 0 aliphatic rings. The summed E-state index contributed by atoms with van der Waals surface area (Å²) in [6.07, 6.45) is 0. The molecule has 176 valence electrons. The van der Waals surface area contributed by atoms with Gasteiger partial charge in [0.05, 0.1) is 11.0 Å². The van der Waals surface area contributed by atoms with Gasteiger partial charge in [0.25, 0.3) is 0 Å². The molecule has 0 atom stereocenters. The fourth-order valence-electron chi connectivity index (χ4n) is 6.57. The summed E-state index contributed by atoms with van der Waals surface area (Å²) in [6.45, 7) is 0. The Morgan fingerprint density at radius 1 is 0.421 bits per heavy atom. The van der Waals surface area contributed by atoms with Crippen LogP contribution in [0.3, 0.4) is 0 Å². The third-order valence-electron chi connectivity index (χ3n) is 8.14. The van der Waals surface area contributed by atoms with E-state index in [4.69, 9.17) is 4.42 Å². The van der Waals surface area contributed by atoms with Crippen molar-refractivity contribution >= 4 is 76.1 Å². The molecule has 0 unspecified atom stereocenters. The summed E-state index contributed by atoms with van der Waals surface area (Å²) in [5.41, 5.74) is 5.43. The van der Waals surface area contributed by atoms with E-state index in [2.05, 4.69) is 120 Å². The number of benzene rings is 7. The first-order chi connectivity index (χ1) is 18.9. The highest BCUT2D eigenvalue weighted by Crippen LogP contribution is 2.44. The van der Waals surface area contributed by atoms with Crippen molar-refractivity contribution in [2.45, 2.75) is 0 Å². The minimum Gasteiger partial charge on any atom is -0.456 e. The van der Waals surface area contributed by atoms with Crippen molar-refractivity contribution in [3.05, 3.63) is 127 Å². The van der Waals surface area contributed by atoms with Crippen molar-refractivity contribution in [2.75, 3.05) is 0 Å². The van der Waals surface area contributed by atoms with Gasteiger partial charge in [0.2, 0.25) is 0 Å². The Kier molecular flexibility index (Phi) is 3.82. The van der Waals surface area contributed by atoms with E-state index in [9.17, 15) is 0 Å². The van der Waals surface area contributed by atoms with E-state index in [-0.39, 0.29) is 0 Å². The molecule has 9 rings (SSSR count). The Labute approximate surface area is 217 Å². The van der Waals surface area contributed by atoms with Gasteiger partial charge in [-0.05, 0) is 57.3 Å². The van der Waals surface area contributed by atoms with Gasteiger partial charge < -0.3 is 8.98 Å². The van der Waals surface area contributed by atoms with Crippen LogP contribution in [0.2, 0.25) is 0 Å². The van der Waals surface area contributed by atoms with E-state index in [1.807, 2.05) is 12.1 Å². The molecular weight excluding hydrogens is 462 g/mol. The maximum Gasteiger partial charge on any atom is 0.135 e. The van der Waals surface area contributed by atoms with Crippen LogP contribution in [0, 0.1) is 0 Å². The molecule has 2 nitrogen and oxygen atoms in total. The van der Waals surface area contributed by atoms with E-state index in [0.717, 1.165) is 27.6 Å². The molecule has 0 saturated carbocycles. The van der Waals surface area contributed by atoms with E-state index < -0.39 is 0 Å². The van der Waals surface area contributed by atoms with Crippen molar-refractivity contribution in [2.24, 2.45) is 0 Å². The van der Waals surface area contributed by atoms with Crippen LogP contribution in [0.5, 0.6) is 0 Å². The molecule has 0 aliphatic carbocycles. The lowest BCUT2D eigenvalue weighted by molar-refractivity contribution is 0.669. The number of hydrogen-bond donors (Lipinski definition) is 0. The average Bonchev–Trinajstić information content (AvgIpc) is 3.53. The molecule has 0 saturated heterocycles. The topological polar surface area (TPSA) is 18.1 Å². The van der Waals surface area contributed by atoms with Crippen molar-refractivity contribution in [3.63, 3.8) is 0 Å². The van der Waals surface area contributed by atoms with Crippen molar-refractivity contribution < 1.29 is 4.42 Å². The molecule has 2 heteroatoms. The molecule has 2 aromatic heterocycles. The van der Waals surface area contributed by atoms with Crippen LogP contribution < -0.4 is 0 Å². The number of nitrogens with zero attached hydrogens (tertiary/aromatic N) is 1. The molecule has 38 heavy (non-hydrogen) atoms. The van der Waals surface area contributed by atoms with E-state index in [0.29, 0.717) is 0 Å². The molecule has 0 radical (unpaired) electrons. The normalized spacial score (nSPS) is 12.2. The Hall–Kier alpha value is -5.08. The number of hydrogen-bond acceptors (Lipinski definition) is 1. The summed E-state index contributed by atoms with van der Waals surface area (Å²) < 4.78 is 8.61. The summed E-state index contributed by atoms with van der Waals surface area (Å²) in [5.74, 6) is 0. The van der Waals surface area contributed by atoms with Gasteiger partial charge in [-0.25, -0.2) is 0 Å². The predicted octanol–water partition coefficient (Wildman–Crippen LogP) is 10.1. The van der Waals surface area contributed by atoms with Gasteiger partial charge in [-0.2, -0.15) is 0 Å². The predicted molar refractivity (Wildman–Crippen MR) is 161 cm³/mol. The van der Waals surface area contributed by atoms with Crippen LogP contribution in [0.15, 0.2) is 132 Å². The van der Waals surface area contributed by atoms with Crippen molar-refractivity contribution in [1.82, 2.24) is 4.57 Å². The highest BCUT2D eigenvalue weighted by Gasteiger charge is 2.20. The van der Waals surface area contributed by atoms with Crippen LogP contribution >= 0.6 is 0 Å². The van der Waals surface area contributed by atoms with Gasteiger partial charge in [0.1, 0.15) is 11.2 Å². The smallest absolute Gasteiger partial charge is 0.135 e. The van der Waals surface area contributed by atoms with Gasteiger partial charge >= 0.3 is 0 Å². The van der Waals surface area contributed by atoms with Crippen molar-refractivity contribution in [3.8, 4) is 5.69 Å². The first kappa shape index (κ1) is 20.0. The third kappa shape index (κ3) is 2.51.